The molecule has 5 rings (SSSR count). The van der Waals surface area contributed by atoms with E-state index >= 15 is 0 Å². The molecule has 1 aliphatic heterocycles. The van der Waals surface area contributed by atoms with Crippen molar-refractivity contribution in [1.29, 1.82) is 0 Å². The Kier molecular flexibility index (Phi) is 6.41. The zero-order valence-electron chi connectivity index (χ0n) is 20.6. The molecular formula is C30H31N3O2. The molecule has 0 fully saturated rings. The van der Waals surface area contributed by atoms with Gasteiger partial charge in [-0.05, 0) is 43.0 Å². The fourth-order valence-electron chi connectivity index (χ4n) is 4.82. The van der Waals surface area contributed by atoms with Crippen molar-refractivity contribution < 1.29 is 9.53 Å². The zero-order valence-corrected chi connectivity index (χ0v) is 20.6. The second-order valence-corrected chi connectivity index (χ2v) is 9.15. The fourth-order valence-corrected chi connectivity index (χ4v) is 4.82. The van der Waals surface area contributed by atoms with Gasteiger partial charge in [0.15, 0.2) is 0 Å². The van der Waals surface area contributed by atoms with Gasteiger partial charge in [0.05, 0.1) is 18.3 Å². The maximum atomic E-state index is 13.8. The number of hydrogen-bond donors (Lipinski definition) is 0. The maximum Gasteiger partial charge on any atom is 0.273 e. The van der Waals surface area contributed by atoms with Crippen LogP contribution in [0.3, 0.4) is 0 Å². The molecule has 1 amide bonds. The van der Waals surface area contributed by atoms with Gasteiger partial charge in [0.2, 0.25) is 0 Å². The second-order valence-electron chi connectivity index (χ2n) is 9.15. The third kappa shape index (κ3) is 4.46. The minimum absolute atomic E-state index is 0.0283. The highest BCUT2D eigenvalue weighted by atomic mass is 16.5. The van der Waals surface area contributed by atoms with Gasteiger partial charge in [0.1, 0.15) is 11.4 Å². The molecule has 2 heterocycles. The summed E-state index contributed by atoms with van der Waals surface area (Å²) in [5.74, 6) is 0.876. The molecule has 1 atom stereocenters. The first kappa shape index (κ1) is 22.9. The molecule has 0 saturated heterocycles. The van der Waals surface area contributed by atoms with E-state index < -0.39 is 0 Å². The van der Waals surface area contributed by atoms with Gasteiger partial charge in [-0.3, -0.25) is 9.48 Å². The van der Waals surface area contributed by atoms with Crippen molar-refractivity contribution in [1.82, 2.24) is 14.7 Å². The lowest BCUT2D eigenvalue weighted by atomic mass is 9.95. The summed E-state index contributed by atoms with van der Waals surface area (Å²) >= 11 is 0. The lowest BCUT2D eigenvalue weighted by Crippen LogP contribution is -2.32. The van der Waals surface area contributed by atoms with E-state index in [1.807, 2.05) is 42.3 Å². The second kappa shape index (κ2) is 9.79. The number of amides is 1. The van der Waals surface area contributed by atoms with Gasteiger partial charge in [-0.25, -0.2) is 0 Å². The number of nitrogens with zero attached hydrogens (tertiary/aromatic N) is 3. The largest absolute Gasteiger partial charge is 0.494 e. The summed E-state index contributed by atoms with van der Waals surface area (Å²) in [6.07, 6.45) is 1.76. The lowest BCUT2D eigenvalue weighted by molar-refractivity contribution is 0.0742. The van der Waals surface area contributed by atoms with Crippen LogP contribution in [0.25, 0.3) is 11.3 Å². The molecule has 5 heteroatoms. The number of aromatic nitrogens is 2. The van der Waals surface area contributed by atoms with Crippen molar-refractivity contribution in [3.63, 3.8) is 0 Å². The minimum Gasteiger partial charge on any atom is -0.494 e. The Morgan fingerprint density at radius 1 is 0.943 bits per heavy atom. The molecule has 0 spiro atoms. The fraction of sp³-hybridized carbons (Fsp3) is 0.267. The van der Waals surface area contributed by atoms with Crippen LogP contribution in [0.2, 0.25) is 0 Å². The van der Waals surface area contributed by atoms with Gasteiger partial charge in [0, 0.05) is 24.7 Å². The molecule has 0 unspecified atom stereocenters. The first-order chi connectivity index (χ1) is 17.1. The summed E-state index contributed by atoms with van der Waals surface area (Å²) < 4.78 is 7.56. The number of carbonyl (C=O) groups excluding carboxylic acids is 1. The van der Waals surface area contributed by atoms with E-state index in [4.69, 9.17) is 9.84 Å². The molecular weight excluding hydrogens is 434 g/mol. The number of benzene rings is 3. The smallest absolute Gasteiger partial charge is 0.273 e. The molecule has 4 aromatic rings. The SMILES string of the molecule is CCCOc1ccc([C@H]2c3c(-c4ccc(C)cc4)nn(C)c3C(=O)N2CCc2ccccc2)cc1. The Morgan fingerprint density at radius 2 is 1.66 bits per heavy atom. The molecule has 35 heavy (non-hydrogen) atoms. The van der Waals surface area contributed by atoms with E-state index in [9.17, 15) is 4.79 Å². The normalized spacial score (nSPS) is 14.9. The Balaban J connectivity index is 1.57. The summed E-state index contributed by atoms with van der Waals surface area (Å²) in [5, 5.41) is 4.81. The molecule has 1 aliphatic rings. The van der Waals surface area contributed by atoms with Gasteiger partial charge in [-0.2, -0.15) is 5.10 Å². The van der Waals surface area contributed by atoms with Crippen molar-refractivity contribution in [2.24, 2.45) is 7.05 Å². The minimum atomic E-state index is -0.202. The van der Waals surface area contributed by atoms with Crippen LogP contribution in [0.4, 0.5) is 0 Å². The van der Waals surface area contributed by atoms with Crippen molar-refractivity contribution in [3.05, 3.63) is 107 Å². The molecule has 0 radical (unpaired) electrons. The molecule has 0 saturated carbocycles. The van der Waals surface area contributed by atoms with E-state index in [0.717, 1.165) is 41.0 Å². The molecule has 1 aromatic heterocycles. The molecule has 0 bridgehead atoms. The highest BCUT2D eigenvalue weighted by Crippen LogP contribution is 2.44. The van der Waals surface area contributed by atoms with Gasteiger partial charge < -0.3 is 9.64 Å². The topological polar surface area (TPSA) is 47.4 Å². The third-order valence-electron chi connectivity index (χ3n) is 6.61. The standard InChI is InChI=1S/C30H31N3O2/c1-4-20-35-25-16-14-24(15-17-25)28-26-27(23-12-10-21(2)11-13-23)31-32(3)29(26)30(34)33(28)19-18-22-8-6-5-7-9-22/h5-17,28H,4,18-20H2,1-3H3/t28-/m0/s1. The maximum absolute atomic E-state index is 13.8. The Labute approximate surface area is 207 Å². The van der Waals surface area contributed by atoms with Crippen molar-refractivity contribution >= 4 is 5.91 Å². The monoisotopic (exact) mass is 465 g/mol. The van der Waals surface area contributed by atoms with Crippen LogP contribution < -0.4 is 4.74 Å². The van der Waals surface area contributed by atoms with Gasteiger partial charge in [0.25, 0.3) is 5.91 Å². The summed E-state index contributed by atoms with van der Waals surface area (Å²) in [7, 11) is 1.87. The third-order valence-corrected chi connectivity index (χ3v) is 6.61. The van der Waals surface area contributed by atoms with Gasteiger partial charge in [-0.15, -0.1) is 0 Å². The van der Waals surface area contributed by atoms with E-state index in [1.165, 1.54) is 11.1 Å². The highest BCUT2D eigenvalue weighted by Gasteiger charge is 2.43. The summed E-state index contributed by atoms with van der Waals surface area (Å²) in [6.45, 7) is 5.49. The Morgan fingerprint density at radius 3 is 2.34 bits per heavy atom. The number of ether oxygens (including phenoxy) is 1. The van der Waals surface area contributed by atoms with Crippen LogP contribution in [0.5, 0.6) is 5.75 Å². The van der Waals surface area contributed by atoms with Crippen molar-refractivity contribution in [3.8, 4) is 17.0 Å². The van der Waals surface area contributed by atoms with Crippen LogP contribution >= 0.6 is 0 Å². The average Bonchev–Trinajstić information content (AvgIpc) is 3.37. The van der Waals surface area contributed by atoms with E-state index in [-0.39, 0.29) is 11.9 Å². The molecule has 0 N–H and O–H groups in total. The van der Waals surface area contributed by atoms with Gasteiger partial charge >= 0.3 is 0 Å². The lowest BCUT2D eigenvalue weighted by Gasteiger charge is -2.27. The van der Waals surface area contributed by atoms with E-state index in [2.05, 4.69) is 62.4 Å². The predicted molar refractivity (Wildman–Crippen MR) is 139 cm³/mol. The summed E-state index contributed by atoms with van der Waals surface area (Å²) in [4.78, 5) is 15.8. The van der Waals surface area contributed by atoms with Crippen molar-refractivity contribution in [2.75, 3.05) is 13.2 Å². The zero-order chi connectivity index (χ0) is 24.4. The first-order valence-electron chi connectivity index (χ1n) is 12.3. The number of hydrogen-bond acceptors (Lipinski definition) is 3. The van der Waals surface area contributed by atoms with Crippen molar-refractivity contribution in [2.45, 2.75) is 32.7 Å². The number of rotatable bonds is 8. The molecule has 3 aromatic carbocycles. The summed E-state index contributed by atoms with van der Waals surface area (Å²) in [5.41, 5.74) is 7.03. The van der Waals surface area contributed by atoms with Crippen LogP contribution in [0, 0.1) is 6.92 Å². The van der Waals surface area contributed by atoms with E-state index in [1.54, 1.807) is 4.68 Å². The average molecular weight is 466 g/mol. The number of carbonyl (C=O) groups is 1. The van der Waals surface area contributed by atoms with Crippen LogP contribution in [0.15, 0.2) is 78.9 Å². The molecule has 0 aliphatic carbocycles. The summed E-state index contributed by atoms with van der Waals surface area (Å²) in [6, 6.07) is 26.7. The highest BCUT2D eigenvalue weighted by molar-refractivity contribution is 6.00. The van der Waals surface area contributed by atoms with Crippen LogP contribution in [-0.4, -0.2) is 33.7 Å². The van der Waals surface area contributed by atoms with E-state index in [0.29, 0.717) is 18.8 Å². The first-order valence-corrected chi connectivity index (χ1v) is 12.3. The van der Waals surface area contributed by atoms with Crippen LogP contribution in [0.1, 0.15) is 52.1 Å². The predicted octanol–water partition coefficient (Wildman–Crippen LogP) is 5.97. The molecule has 178 valence electrons. The number of aryl methyl sites for hydroxylation is 2. The Bertz CT molecular complexity index is 1310. The van der Waals surface area contributed by atoms with Gasteiger partial charge in [-0.1, -0.05) is 79.2 Å². The van der Waals surface area contributed by atoms with Crippen LogP contribution in [-0.2, 0) is 13.5 Å². The Hall–Kier alpha value is -3.86. The quantitative estimate of drug-likeness (QED) is 0.322. The molecule has 5 nitrogen and oxygen atoms in total. The number of fused-ring (bicyclic) bond motifs is 1.